The van der Waals surface area contributed by atoms with Crippen LogP contribution in [0.5, 0.6) is 0 Å². The summed E-state index contributed by atoms with van der Waals surface area (Å²) in [5, 5.41) is 0. The molecule has 0 atom stereocenters. The first-order valence-electron chi connectivity index (χ1n) is 22.1. The number of amidine groups is 6. The van der Waals surface area contributed by atoms with E-state index < -0.39 is 0 Å². The molecule has 0 unspecified atom stereocenters. The van der Waals surface area contributed by atoms with E-state index in [4.69, 9.17) is 30.0 Å². The van der Waals surface area contributed by atoms with Crippen molar-refractivity contribution in [2.75, 3.05) is 0 Å². The average molecular weight is 841 g/mol. The molecule has 6 bridgehead atoms. The Morgan fingerprint density at radius 1 is 0.152 bits per heavy atom. The van der Waals surface area contributed by atoms with Crippen molar-refractivity contribution in [2.24, 2.45) is 30.0 Å². The highest BCUT2D eigenvalue weighted by atomic mass is 15.1. The lowest BCUT2D eigenvalue weighted by Crippen LogP contribution is -2.04. The van der Waals surface area contributed by atoms with E-state index in [2.05, 4.69) is 182 Å². The fraction of sp³-hybridized carbons (Fsp3) is 0. The average Bonchev–Trinajstić information content (AvgIpc) is 4.03. The minimum atomic E-state index is 0.535. The molecule has 6 nitrogen and oxygen atoms in total. The molecule has 306 valence electrons. The summed E-state index contributed by atoms with van der Waals surface area (Å²) in [6.45, 7) is 0. The van der Waals surface area contributed by atoms with Crippen molar-refractivity contribution in [2.45, 2.75) is 0 Å². The number of aliphatic imine (C=N–C) groups is 6. The first-order valence-corrected chi connectivity index (χ1v) is 22.1. The summed E-state index contributed by atoms with van der Waals surface area (Å²) in [6, 6.07) is 76.4. The summed E-state index contributed by atoms with van der Waals surface area (Å²) in [4.78, 5) is 32.2. The van der Waals surface area contributed by atoms with E-state index in [0.29, 0.717) is 35.0 Å². The minimum absolute atomic E-state index is 0.535. The highest BCUT2D eigenvalue weighted by molar-refractivity contribution is 6.35. The summed E-state index contributed by atoms with van der Waals surface area (Å²) < 4.78 is 0. The Hall–Kier alpha value is -9.00. The number of hydrogen-bond acceptors (Lipinski definition) is 6. The van der Waals surface area contributed by atoms with Gasteiger partial charge in [-0.2, -0.15) is 0 Å². The number of fused-ring (bicyclic) bond motifs is 12. The molecule has 0 saturated carbocycles. The summed E-state index contributed by atoms with van der Waals surface area (Å²) in [5.41, 5.74) is 18.2. The van der Waals surface area contributed by atoms with Crippen LogP contribution in [0.1, 0.15) is 33.4 Å². The maximum Gasteiger partial charge on any atom is 0.164 e. The first kappa shape index (κ1) is 37.5. The van der Waals surface area contributed by atoms with Crippen LogP contribution < -0.4 is 0 Å². The third-order valence-corrected chi connectivity index (χ3v) is 12.7. The molecule has 4 aliphatic heterocycles. The van der Waals surface area contributed by atoms with Crippen molar-refractivity contribution < 1.29 is 0 Å². The van der Waals surface area contributed by atoms with E-state index in [1.54, 1.807) is 0 Å². The number of hydrogen-bond donors (Lipinski definition) is 0. The summed E-state index contributed by atoms with van der Waals surface area (Å²) in [6.07, 6.45) is 0. The van der Waals surface area contributed by atoms with Gasteiger partial charge in [0.1, 0.15) is 0 Å². The Balaban J connectivity index is 1.11. The molecule has 6 heteroatoms. The van der Waals surface area contributed by atoms with Gasteiger partial charge in [-0.15, -0.1) is 0 Å². The van der Waals surface area contributed by atoms with Crippen molar-refractivity contribution >= 4 is 35.0 Å². The van der Waals surface area contributed by atoms with Gasteiger partial charge in [0.25, 0.3) is 0 Å². The van der Waals surface area contributed by atoms with Crippen molar-refractivity contribution in [3.63, 3.8) is 0 Å². The smallest absolute Gasteiger partial charge is 0.164 e. The largest absolute Gasteiger partial charge is 0.208 e. The second kappa shape index (κ2) is 15.4. The zero-order chi connectivity index (χ0) is 43.6. The van der Waals surface area contributed by atoms with Crippen molar-refractivity contribution in [1.82, 2.24) is 0 Å². The van der Waals surface area contributed by atoms with E-state index >= 15 is 0 Å². The maximum absolute atomic E-state index is 5.40. The fourth-order valence-corrected chi connectivity index (χ4v) is 9.52. The molecule has 0 N–H and O–H groups in total. The second-order valence-electron chi connectivity index (χ2n) is 16.6. The van der Waals surface area contributed by atoms with E-state index in [-0.39, 0.29) is 0 Å². The van der Waals surface area contributed by atoms with Crippen LogP contribution in [0.4, 0.5) is 0 Å². The zero-order valence-electron chi connectivity index (χ0n) is 35.5. The normalized spacial score (nSPS) is 14.0. The first-order chi connectivity index (χ1) is 32.7. The van der Waals surface area contributed by atoms with Gasteiger partial charge >= 0.3 is 0 Å². The molecule has 0 spiro atoms. The van der Waals surface area contributed by atoms with Crippen LogP contribution in [0.15, 0.2) is 248 Å². The van der Waals surface area contributed by atoms with Gasteiger partial charge in [0.15, 0.2) is 35.0 Å². The lowest BCUT2D eigenvalue weighted by Gasteiger charge is -2.14. The van der Waals surface area contributed by atoms with Gasteiger partial charge in [0.05, 0.1) is 0 Å². The third kappa shape index (κ3) is 6.34. The predicted molar refractivity (Wildman–Crippen MR) is 271 cm³/mol. The van der Waals surface area contributed by atoms with E-state index in [9.17, 15) is 0 Å². The standard InChI is InChI=1S/C60H36N6/c1-7-19-37(20-8-1)43-31-49-50(32-44(43)38-21-9-2-10-22-38)56-61-55(49)64-57-51-33-45(39-23-11-3-12-24-39)46(40-25-13-4-14-26-40)34-52(51)59(62-57)66-60-54-36-48(42-29-17-6-18-30-42)47(41-27-15-5-16-28-41)35-53(54)58(63-60)65-56/h1-36H. The number of nitrogens with zero attached hydrogens (tertiary/aromatic N) is 6. The minimum Gasteiger partial charge on any atom is -0.208 e. The highest BCUT2D eigenvalue weighted by Crippen LogP contribution is 2.42. The highest BCUT2D eigenvalue weighted by Gasteiger charge is 2.33. The fourth-order valence-electron chi connectivity index (χ4n) is 9.52. The van der Waals surface area contributed by atoms with Gasteiger partial charge in [-0.25, -0.2) is 30.0 Å². The molecule has 13 rings (SSSR count). The van der Waals surface area contributed by atoms with Gasteiger partial charge in [-0.3, -0.25) is 0 Å². The summed E-state index contributed by atoms with van der Waals surface area (Å²) in [5.74, 6) is 3.21. The SMILES string of the molecule is c1ccc(-c2cc3c(cc2-c2ccccc2)C2=NC4=NC(=NC5=NC(=NC3=N2)c2cc(-c3ccccc3)c(-c3ccccc3)cc25)c2cc(-c3ccccc3)c(-c3ccccc3)cc24)cc1. The molecule has 0 aromatic heterocycles. The monoisotopic (exact) mass is 840 g/mol. The molecule has 4 aliphatic rings. The van der Waals surface area contributed by atoms with E-state index in [1.807, 2.05) is 36.4 Å². The van der Waals surface area contributed by atoms with Crippen LogP contribution in [0, 0.1) is 0 Å². The summed E-state index contributed by atoms with van der Waals surface area (Å²) >= 11 is 0. The molecule has 66 heavy (non-hydrogen) atoms. The van der Waals surface area contributed by atoms with Gasteiger partial charge in [0.2, 0.25) is 0 Å². The van der Waals surface area contributed by atoms with Crippen molar-refractivity contribution in [1.29, 1.82) is 0 Å². The molecule has 0 aliphatic carbocycles. The molecule has 9 aromatic carbocycles. The molecule has 0 radical (unpaired) electrons. The lowest BCUT2D eigenvalue weighted by atomic mass is 9.90. The van der Waals surface area contributed by atoms with E-state index in [0.717, 1.165) is 100 Å². The Morgan fingerprint density at radius 2 is 0.288 bits per heavy atom. The molecule has 0 saturated heterocycles. The van der Waals surface area contributed by atoms with Gasteiger partial charge in [0, 0.05) is 33.4 Å². The summed E-state index contributed by atoms with van der Waals surface area (Å²) in [7, 11) is 0. The van der Waals surface area contributed by atoms with Crippen LogP contribution in [0.3, 0.4) is 0 Å². The van der Waals surface area contributed by atoms with E-state index in [1.165, 1.54) is 0 Å². The molecule has 4 heterocycles. The molecular formula is C60H36N6. The van der Waals surface area contributed by atoms with Crippen LogP contribution in [-0.2, 0) is 0 Å². The Kier molecular flexibility index (Phi) is 8.74. The third-order valence-electron chi connectivity index (χ3n) is 12.7. The molecule has 0 fully saturated rings. The predicted octanol–water partition coefficient (Wildman–Crippen LogP) is 13.6. The Morgan fingerprint density at radius 3 is 0.424 bits per heavy atom. The number of rotatable bonds is 6. The molecule has 0 amide bonds. The Bertz CT molecular complexity index is 3230. The second-order valence-corrected chi connectivity index (χ2v) is 16.6. The quantitative estimate of drug-likeness (QED) is 0.160. The van der Waals surface area contributed by atoms with Crippen molar-refractivity contribution in [3.05, 3.63) is 252 Å². The number of benzene rings is 9. The van der Waals surface area contributed by atoms with Gasteiger partial charge in [-0.05, 0) is 103 Å². The van der Waals surface area contributed by atoms with Crippen LogP contribution in [0.25, 0.3) is 66.8 Å². The van der Waals surface area contributed by atoms with Crippen LogP contribution in [0.2, 0.25) is 0 Å². The van der Waals surface area contributed by atoms with Gasteiger partial charge < -0.3 is 0 Å². The van der Waals surface area contributed by atoms with Gasteiger partial charge in [-0.1, -0.05) is 182 Å². The maximum atomic E-state index is 5.40. The molecule has 9 aromatic rings. The Labute approximate surface area is 381 Å². The van der Waals surface area contributed by atoms with Crippen LogP contribution >= 0.6 is 0 Å². The topological polar surface area (TPSA) is 74.2 Å². The molecular weight excluding hydrogens is 805 g/mol. The van der Waals surface area contributed by atoms with Crippen molar-refractivity contribution in [3.8, 4) is 66.8 Å². The lowest BCUT2D eigenvalue weighted by molar-refractivity contribution is 1.49. The zero-order valence-corrected chi connectivity index (χ0v) is 35.5. The van der Waals surface area contributed by atoms with Crippen LogP contribution in [-0.4, -0.2) is 35.0 Å².